The van der Waals surface area contributed by atoms with Gasteiger partial charge in [0.1, 0.15) is 6.61 Å². The van der Waals surface area contributed by atoms with E-state index in [2.05, 4.69) is 10.2 Å². The molecule has 0 bridgehead atoms. The predicted molar refractivity (Wildman–Crippen MR) is 86.5 cm³/mol. The summed E-state index contributed by atoms with van der Waals surface area (Å²) in [5.41, 5.74) is 1.66. The van der Waals surface area contributed by atoms with E-state index in [4.69, 9.17) is 4.74 Å². The Hall–Kier alpha value is -1.89. The van der Waals surface area contributed by atoms with Crippen LogP contribution in [0.15, 0.2) is 24.4 Å². The van der Waals surface area contributed by atoms with Gasteiger partial charge in [-0.05, 0) is 12.8 Å². The lowest BCUT2D eigenvalue weighted by molar-refractivity contribution is -0.144. The molecule has 0 unspecified atom stereocenters. The molecule has 1 aromatic carbocycles. The van der Waals surface area contributed by atoms with E-state index < -0.39 is 15.8 Å². The third-order valence-electron chi connectivity index (χ3n) is 4.35. The summed E-state index contributed by atoms with van der Waals surface area (Å²) < 4.78 is 29.5. The van der Waals surface area contributed by atoms with Gasteiger partial charge in [-0.1, -0.05) is 31.0 Å². The fourth-order valence-electron chi connectivity index (χ4n) is 3.02. The highest BCUT2D eigenvalue weighted by Gasteiger charge is 2.29. The minimum Gasteiger partial charge on any atom is -0.461 e. The number of nitrogens with zero attached hydrogens (tertiary/aromatic N) is 1. The van der Waals surface area contributed by atoms with Crippen molar-refractivity contribution < 1.29 is 17.9 Å². The van der Waals surface area contributed by atoms with Crippen molar-refractivity contribution in [3.8, 4) is 0 Å². The minimum atomic E-state index is -3.18. The van der Waals surface area contributed by atoms with Crippen molar-refractivity contribution >= 4 is 26.7 Å². The van der Waals surface area contributed by atoms with E-state index in [0.29, 0.717) is 0 Å². The normalized spacial score (nSPS) is 16.0. The van der Waals surface area contributed by atoms with Gasteiger partial charge in [0, 0.05) is 10.9 Å². The number of para-hydroxylation sites is 1. The first-order valence-electron chi connectivity index (χ1n) is 7.84. The van der Waals surface area contributed by atoms with Crippen LogP contribution >= 0.6 is 0 Å². The highest BCUT2D eigenvalue weighted by Crippen LogP contribution is 2.25. The van der Waals surface area contributed by atoms with Gasteiger partial charge in [0.05, 0.1) is 29.1 Å². The molecule has 1 aliphatic rings. The number of aromatic amines is 1. The van der Waals surface area contributed by atoms with E-state index in [1.54, 1.807) is 6.20 Å². The summed E-state index contributed by atoms with van der Waals surface area (Å²) >= 11 is 0. The van der Waals surface area contributed by atoms with Gasteiger partial charge in [0.2, 0.25) is 0 Å². The lowest BCUT2D eigenvalue weighted by Gasteiger charge is -2.10. The molecular weight excluding hydrogens is 316 g/mol. The smallest absolute Gasteiger partial charge is 0.307 e. The Balaban J connectivity index is 1.53. The Bertz CT molecular complexity index is 791. The summed E-state index contributed by atoms with van der Waals surface area (Å²) in [5, 5.41) is 7.50. The van der Waals surface area contributed by atoms with Crippen molar-refractivity contribution in [3.05, 3.63) is 30.0 Å². The second-order valence-corrected chi connectivity index (χ2v) is 8.34. The summed E-state index contributed by atoms with van der Waals surface area (Å²) in [7, 11) is -3.18. The van der Waals surface area contributed by atoms with Crippen LogP contribution in [0.1, 0.15) is 37.7 Å². The van der Waals surface area contributed by atoms with Crippen LogP contribution in [0.5, 0.6) is 0 Å². The van der Waals surface area contributed by atoms with Gasteiger partial charge in [0.25, 0.3) is 0 Å². The number of nitrogens with one attached hydrogen (secondary N) is 1. The van der Waals surface area contributed by atoms with Crippen LogP contribution in [0.3, 0.4) is 0 Å². The molecule has 0 saturated heterocycles. The van der Waals surface area contributed by atoms with Crippen LogP contribution in [-0.4, -0.2) is 35.6 Å². The molecule has 1 heterocycles. The molecule has 1 N–H and O–H groups in total. The van der Waals surface area contributed by atoms with Crippen LogP contribution in [0.25, 0.3) is 10.9 Å². The summed E-state index contributed by atoms with van der Waals surface area (Å²) in [5.74, 6) is -0.604. The fourth-order valence-corrected chi connectivity index (χ4v) is 4.86. The highest BCUT2D eigenvalue weighted by atomic mass is 32.2. The van der Waals surface area contributed by atoms with Gasteiger partial charge in [-0.3, -0.25) is 9.89 Å². The average Bonchev–Trinajstić information content (AvgIpc) is 3.21. The number of aromatic nitrogens is 2. The summed E-state index contributed by atoms with van der Waals surface area (Å²) in [6, 6.07) is 5.63. The molecule has 0 amide bonds. The molecule has 3 rings (SSSR count). The van der Waals surface area contributed by atoms with Crippen LogP contribution in [0, 0.1) is 0 Å². The minimum absolute atomic E-state index is 0.0855. The Kier molecular flexibility index (Phi) is 4.66. The summed E-state index contributed by atoms with van der Waals surface area (Å²) in [6.07, 6.45) is 4.98. The van der Waals surface area contributed by atoms with Gasteiger partial charge in [-0.2, -0.15) is 5.10 Å². The van der Waals surface area contributed by atoms with Crippen molar-refractivity contribution in [2.45, 2.75) is 44.0 Å². The molecule has 124 valence electrons. The van der Waals surface area contributed by atoms with Gasteiger partial charge in [-0.25, -0.2) is 8.42 Å². The molecule has 0 aliphatic heterocycles. The molecule has 0 radical (unpaired) electrons. The average molecular weight is 336 g/mol. The molecule has 0 spiro atoms. The van der Waals surface area contributed by atoms with Crippen LogP contribution in [0.4, 0.5) is 0 Å². The van der Waals surface area contributed by atoms with E-state index in [1.165, 1.54) is 0 Å². The Morgan fingerprint density at radius 3 is 2.87 bits per heavy atom. The largest absolute Gasteiger partial charge is 0.461 e. The van der Waals surface area contributed by atoms with Gasteiger partial charge in [-0.15, -0.1) is 0 Å². The van der Waals surface area contributed by atoms with Gasteiger partial charge < -0.3 is 4.74 Å². The maximum atomic E-state index is 12.1. The number of carbonyl (C=O) groups is 1. The van der Waals surface area contributed by atoms with E-state index in [9.17, 15) is 13.2 Å². The molecule has 6 nitrogen and oxygen atoms in total. The number of sulfone groups is 1. The monoisotopic (exact) mass is 336 g/mol. The first-order valence-corrected chi connectivity index (χ1v) is 9.56. The number of ether oxygens (including phenoxy) is 1. The lowest BCUT2D eigenvalue weighted by atomic mass is 10.1. The van der Waals surface area contributed by atoms with E-state index in [0.717, 1.165) is 42.1 Å². The molecular formula is C16H20N2O4S. The number of H-pyrrole nitrogens is 1. The SMILES string of the molecule is O=C(CCS(=O)(=O)C1CCCC1)OCc1cccc2cn[nH]c12. The summed E-state index contributed by atoms with van der Waals surface area (Å²) in [4.78, 5) is 11.8. The maximum Gasteiger partial charge on any atom is 0.307 e. The van der Waals surface area contributed by atoms with Crippen LogP contribution in [0.2, 0.25) is 0 Å². The van der Waals surface area contributed by atoms with Crippen molar-refractivity contribution in [2.75, 3.05) is 5.75 Å². The quantitative estimate of drug-likeness (QED) is 0.818. The highest BCUT2D eigenvalue weighted by molar-refractivity contribution is 7.92. The van der Waals surface area contributed by atoms with Crippen LogP contribution < -0.4 is 0 Å². The van der Waals surface area contributed by atoms with Crippen LogP contribution in [-0.2, 0) is 26.0 Å². The third kappa shape index (κ3) is 3.72. The number of hydrogen-bond donors (Lipinski definition) is 1. The molecule has 1 aromatic heterocycles. The number of fused-ring (bicyclic) bond motifs is 1. The lowest BCUT2D eigenvalue weighted by Crippen LogP contribution is -2.23. The summed E-state index contributed by atoms with van der Waals surface area (Å²) in [6.45, 7) is 0.113. The second-order valence-electron chi connectivity index (χ2n) is 5.94. The molecule has 23 heavy (non-hydrogen) atoms. The van der Waals surface area contributed by atoms with Crippen molar-refractivity contribution in [3.63, 3.8) is 0 Å². The number of benzene rings is 1. The molecule has 1 aliphatic carbocycles. The van der Waals surface area contributed by atoms with Gasteiger partial charge >= 0.3 is 5.97 Å². The molecule has 1 fully saturated rings. The van der Waals surface area contributed by atoms with E-state index in [1.807, 2.05) is 18.2 Å². The molecule has 2 aromatic rings. The first kappa shape index (κ1) is 16.0. The number of hydrogen-bond acceptors (Lipinski definition) is 5. The Labute approximate surface area is 135 Å². The zero-order valence-electron chi connectivity index (χ0n) is 12.8. The molecule has 0 atom stereocenters. The Morgan fingerprint density at radius 1 is 1.30 bits per heavy atom. The Morgan fingerprint density at radius 2 is 2.09 bits per heavy atom. The topological polar surface area (TPSA) is 89.1 Å². The fraction of sp³-hybridized carbons (Fsp3) is 0.500. The van der Waals surface area contributed by atoms with Crippen molar-refractivity contribution in [2.24, 2.45) is 0 Å². The number of esters is 1. The first-order chi connectivity index (χ1) is 11.1. The van der Waals surface area contributed by atoms with Crippen molar-refractivity contribution in [1.82, 2.24) is 10.2 Å². The predicted octanol–water partition coefficient (Wildman–Crippen LogP) is 2.35. The number of carbonyl (C=O) groups excluding carboxylic acids is 1. The molecule has 1 saturated carbocycles. The van der Waals surface area contributed by atoms with E-state index >= 15 is 0 Å². The number of rotatable bonds is 6. The second kappa shape index (κ2) is 6.70. The zero-order chi connectivity index (χ0) is 16.3. The third-order valence-corrected chi connectivity index (χ3v) is 6.61. The standard InChI is InChI=1S/C16H20N2O4S/c19-15(8-9-23(20,21)14-6-1-2-7-14)22-11-13-5-3-4-12-10-17-18-16(12)13/h3-5,10,14H,1-2,6-9,11H2,(H,17,18). The molecule has 7 heteroatoms. The van der Waals surface area contributed by atoms with Gasteiger partial charge in [0.15, 0.2) is 9.84 Å². The maximum absolute atomic E-state index is 12.1. The van der Waals surface area contributed by atoms with E-state index in [-0.39, 0.29) is 24.0 Å². The zero-order valence-corrected chi connectivity index (χ0v) is 13.6. The van der Waals surface area contributed by atoms with Crippen molar-refractivity contribution in [1.29, 1.82) is 0 Å².